The van der Waals surface area contributed by atoms with Gasteiger partial charge >= 0.3 is 0 Å². The van der Waals surface area contributed by atoms with E-state index in [9.17, 15) is 0 Å². The molecule has 3 nitrogen and oxygen atoms in total. The third-order valence-electron chi connectivity index (χ3n) is 3.59. The van der Waals surface area contributed by atoms with Crippen molar-refractivity contribution in [3.8, 4) is 11.8 Å². The van der Waals surface area contributed by atoms with E-state index in [2.05, 4.69) is 39.5 Å². The number of hydrogen-bond acceptors (Lipinski definition) is 3. The Morgan fingerprint density at radius 3 is 3.00 bits per heavy atom. The maximum absolute atomic E-state index is 3.43. The van der Waals surface area contributed by atoms with Gasteiger partial charge in [0, 0.05) is 30.9 Å². The second kappa shape index (κ2) is 5.92. The molecule has 1 aromatic carbocycles. The van der Waals surface area contributed by atoms with E-state index in [0.717, 1.165) is 44.8 Å². The van der Waals surface area contributed by atoms with Gasteiger partial charge in [-0.15, -0.1) is 0 Å². The highest BCUT2D eigenvalue weighted by Gasteiger charge is 2.19. The van der Waals surface area contributed by atoms with Crippen LogP contribution in [0.25, 0.3) is 0 Å². The molecule has 0 saturated heterocycles. The van der Waals surface area contributed by atoms with Crippen molar-refractivity contribution in [1.29, 1.82) is 0 Å². The number of rotatable bonds is 1. The Morgan fingerprint density at radius 2 is 2.11 bits per heavy atom. The van der Waals surface area contributed by atoms with E-state index < -0.39 is 0 Å². The lowest BCUT2D eigenvalue weighted by molar-refractivity contribution is 0.303. The van der Waals surface area contributed by atoms with Crippen LogP contribution in [-0.4, -0.2) is 37.7 Å². The van der Waals surface area contributed by atoms with Crippen LogP contribution in [0.4, 0.5) is 0 Å². The Bertz CT molecular complexity index is 522. The summed E-state index contributed by atoms with van der Waals surface area (Å²) in [4.78, 5) is 2.42. The average molecular weight is 253 g/mol. The van der Waals surface area contributed by atoms with Gasteiger partial charge in [-0.2, -0.15) is 0 Å². The molecule has 0 bridgehead atoms. The van der Waals surface area contributed by atoms with Crippen LogP contribution in [0.5, 0.6) is 0 Å². The lowest BCUT2D eigenvalue weighted by atomic mass is 10.0. The summed E-state index contributed by atoms with van der Waals surface area (Å²) in [7, 11) is 0. The highest BCUT2D eigenvalue weighted by atomic mass is 15.2. The van der Waals surface area contributed by atoms with E-state index in [4.69, 9.17) is 0 Å². The third-order valence-corrected chi connectivity index (χ3v) is 3.59. The number of hydrogen-bond donors (Lipinski definition) is 2. The molecule has 3 heteroatoms. The summed E-state index contributed by atoms with van der Waals surface area (Å²) in [5.41, 5.74) is 4.05. The Hall–Kier alpha value is -1.76. The molecule has 0 spiro atoms. The highest BCUT2D eigenvalue weighted by Crippen LogP contribution is 2.16. The van der Waals surface area contributed by atoms with Crippen LogP contribution in [0.3, 0.4) is 0 Å². The molecule has 0 unspecified atom stereocenters. The molecule has 98 valence electrons. The maximum atomic E-state index is 3.43. The molecule has 0 aliphatic carbocycles. The van der Waals surface area contributed by atoms with Crippen molar-refractivity contribution in [3.05, 3.63) is 47.2 Å². The molecule has 2 aliphatic rings. The molecule has 0 atom stereocenters. The van der Waals surface area contributed by atoms with Crippen LogP contribution < -0.4 is 10.6 Å². The number of nitrogens with one attached hydrogen (secondary N) is 2. The summed E-state index contributed by atoms with van der Waals surface area (Å²) in [6, 6.07) is 10.2. The monoisotopic (exact) mass is 253 g/mol. The fourth-order valence-electron chi connectivity index (χ4n) is 2.56. The fraction of sp³-hybridized carbons (Fsp3) is 0.375. The minimum atomic E-state index is 0.853. The van der Waals surface area contributed by atoms with Crippen molar-refractivity contribution >= 4 is 0 Å². The topological polar surface area (TPSA) is 27.3 Å². The van der Waals surface area contributed by atoms with Gasteiger partial charge < -0.3 is 5.32 Å². The number of benzene rings is 1. The fourth-order valence-corrected chi connectivity index (χ4v) is 2.56. The normalized spacial score (nSPS) is 19.2. The van der Waals surface area contributed by atoms with E-state index in [0.29, 0.717) is 0 Å². The molecule has 2 heterocycles. The smallest absolute Gasteiger partial charge is 0.0652 e. The second-order valence-corrected chi connectivity index (χ2v) is 4.99. The summed E-state index contributed by atoms with van der Waals surface area (Å²) in [5, 5.41) is 6.78. The van der Waals surface area contributed by atoms with E-state index in [1.165, 1.54) is 11.3 Å². The van der Waals surface area contributed by atoms with Crippen molar-refractivity contribution in [2.75, 3.05) is 32.8 Å². The Balaban J connectivity index is 1.58. The van der Waals surface area contributed by atoms with Gasteiger partial charge in [0.25, 0.3) is 0 Å². The SMILES string of the molecule is C(#Cc1ccccc1)CN1CCC2=C(CNCN2)C1. The van der Waals surface area contributed by atoms with Crippen molar-refractivity contribution in [1.82, 2.24) is 15.5 Å². The van der Waals surface area contributed by atoms with Crippen molar-refractivity contribution in [2.45, 2.75) is 6.42 Å². The third kappa shape index (κ3) is 3.17. The minimum Gasteiger partial charge on any atom is -0.376 e. The van der Waals surface area contributed by atoms with Crippen molar-refractivity contribution in [2.24, 2.45) is 0 Å². The van der Waals surface area contributed by atoms with E-state index in [1.807, 2.05) is 18.2 Å². The van der Waals surface area contributed by atoms with Gasteiger partial charge in [0.05, 0.1) is 13.2 Å². The van der Waals surface area contributed by atoms with Crippen LogP contribution in [0.2, 0.25) is 0 Å². The van der Waals surface area contributed by atoms with Gasteiger partial charge in [0.2, 0.25) is 0 Å². The van der Waals surface area contributed by atoms with E-state index in [1.54, 1.807) is 0 Å². The molecule has 0 fully saturated rings. The first-order chi connectivity index (χ1) is 9.42. The quantitative estimate of drug-likeness (QED) is 0.735. The van der Waals surface area contributed by atoms with Crippen LogP contribution in [0.15, 0.2) is 41.6 Å². The van der Waals surface area contributed by atoms with Crippen LogP contribution in [0, 0.1) is 11.8 Å². The zero-order chi connectivity index (χ0) is 12.9. The van der Waals surface area contributed by atoms with Crippen molar-refractivity contribution in [3.63, 3.8) is 0 Å². The Morgan fingerprint density at radius 1 is 1.21 bits per heavy atom. The van der Waals surface area contributed by atoms with E-state index in [-0.39, 0.29) is 0 Å². The highest BCUT2D eigenvalue weighted by molar-refractivity contribution is 5.34. The second-order valence-electron chi connectivity index (χ2n) is 4.99. The first kappa shape index (κ1) is 12.3. The van der Waals surface area contributed by atoms with Gasteiger partial charge in [-0.05, 0) is 24.1 Å². The molecule has 19 heavy (non-hydrogen) atoms. The number of nitrogens with zero attached hydrogens (tertiary/aromatic N) is 1. The first-order valence-corrected chi connectivity index (χ1v) is 6.83. The molecule has 1 aromatic rings. The van der Waals surface area contributed by atoms with Gasteiger partial charge in [0.1, 0.15) is 0 Å². The van der Waals surface area contributed by atoms with Gasteiger partial charge in [-0.1, -0.05) is 30.0 Å². The first-order valence-electron chi connectivity index (χ1n) is 6.83. The summed E-state index contributed by atoms with van der Waals surface area (Å²) in [6.07, 6.45) is 1.13. The van der Waals surface area contributed by atoms with Gasteiger partial charge in [-0.25, -0.2) is 0 Å². The standard InChI is InChI=1S/C16H19N3/c1-2-5-14(6-3-1)7-4-9-19-10-8-16-15(12-19)11-17-13-18-16/h1-3,5-6,17-18H,8-13H2. The molecule has 0 radical (unpaired) electrons. The minimum absolute atomic E-state index is 0.853. The molecule has 3 rings (SSSR count). The molecule has 2 N–H and O–H groups in total. The largest absolute Gasteiger partial charge is 0.376 e. The average Bonchev–Trinajstić information content (AvgIpc) is 2.48. The Labute approximate surface area is 114 Å². The van der Waals surface area contributed by atoms with Crippen LogP contribution in [-0.2, 0) is 0 Å². The molecular weight excluding hydrogens is 234 g/mol. The van der Waals surface area contributed by atoms with Crippen molar-refractivity contribution < 1.29 is 0 Å². The van der Waals surface area contributed by atoms with E-state index >= 15 is 0 Å². The zero-order valence-electron chi connectivity index (χ0n) is 11.1. The van der Waals surface area contributed by atoms with Crippen LogP contribution >= 0.6 is 0 Å². The van der Waals surface area contributed by atoms with Gasteiger partial charge in [0.15, 0.2) is 0 Å². The van der Waals surface area contributed by atoms with Crippen LogP contribution in [0.1, 0.15) is 12.0 Å². The molecule has 0 aromatic heterocycles. The molecular formula is C16H19N3. The summed E-state index contributed by atoms with van der Waals surface area (Å²) in [6.45, 7) is 4.93. The summed E-state index contributed by atoms with van der Waals surface area (Å²) < 4.78 is 0. The molecule has 0 amide bonds. The Kier molecular flexibility index (Phi) is 3.83. The van der Waals surface area contributed by atoms with Gasteiger partial charge in [-0.3, -0.25) is 10.2 Å². The maximum Gasteiger partial charge on any atom is 0.0652 e. The zero-order valence-corrected chi connectivity index (χ0v) is 11.1. The lowest BCUT2D eigenvalue weighted by Gasteiger charge is -2.33. The predicted octanol–water partition coefficient (Wildman–Crippen LogP) is 1.15. The lowest BCUT2D eigenvalue weighted by Crippen LogP contribution is -2.44. The molecule has 2 aliphatic heterocycles. The molecule has 0 saturated carbocycles. The summed E-state index contributed by atoms with van der Waals surface area (Å²) in [5.74, 6) is 6.50. The predicted molar refractivity (Wildman–Crippen MR) is 77.4 cm³/mol. The summed E-state index contributed by atoms with van der Waals surface area (Å²) >= 11 is 0.